The molecular formula is C30H48F6O2. The van der Waals surface area contributed by atoms with E-state index in [-0.39, 0.29) is 12.8 Å². The van der Waals surface area contributed by atoms with Gasteiger partial charge in [0.2, 0.25) is 0 Å². The van der Waals surface area contributed by atoms with E-state index in [1.165, 1.54) is 11.1 Å². The Morgan fingerprint density at radius 2 is 0.658 bits per heavy atom. The first kappa shape index (κ1) is 34.7. The largest absolute Gasteiger partial charge is 0.414 e. The fourth-order valence-corrected chi connectivity index (χ4v) is 4.65. The van der Waals surface area contributed by atoms with Gasteiger partial charge in [0.05, 0.1) is 0 Å². The van der Waals surface area contributed by atoms with Gasteiger partial charge in [0.1, 0.15) is 12.2 Å². The summed E-state index contributed by atoms with van der Waals surface area (Å²) in [6.45, 7) is 0. The summed E-state index contributed by atoms with van der Waals surface area (Å²) in [6.07, 6.45) is 3.69. The van der Waals surface area contributed by atoms with Crippen LogP contribution in [0, 0.1) is 0 Å². The van der Waals surface area contributed by atoms with Crippen molar-refractivity contribution in [2.24, 2.45) is 0 Å². The molecule has 0 amide bonds. The summed E-state index contributed by atoms with van der Waals surface area (Å²) < 4.78 is 73.4. The molecule has 0 saturated heterocycles. The Labute approximate surface area is 225 Å². The topological polar surface area (TPSA) is 40.5 Å². The maximum Gasteiger partial charge on any atom is 0.414 e. The summed E-state index contributed by atoms with van der Waals surface area (Å²) in [4.78, 5) is 0. The quantitative estimate of drug-likeness (QED) is 0.111. The molecule has 38 heavy (non-hydrogen) atoms. The molecule has 0 saturated carbocycles. The first-order valence-electron chi connectivity index (χ1n) is 14.6. The number of benzene rings is 1. The Hall–Kier alpha value is -1.28. The van der Waals surface area contributed by atoms with Crippen LogP contribution in [0.25, 0.3) is 0 Å². The number of aliphatic hydroxyl groups excluding tert-OH is 2. The van der Waals surface area contributed by atoms with Crippen LogP contribution in [0.2, 0.25) is 0 Å². The number of hydrogen-bond donors (Lipinski definition) is 2. The van der Waals surface area contributed by atoms with Crippen LogP contribution in [0.1, 0.15) is 127 Å². The highest BCUT2D eigenvalue weighted by Gasteiger charge is 2.37. The van der Waals surface area contributed by atoms with Crippen molar-refractivity contribution in [3.8, 4) is 0 Å². The summed E-state index contributed by atoms with van der Waals surface area (Å²) in [5.74, 6) is 0. The van der Waals surface area contributed by atoms with Gasteiger partial charge in [-0.1, -0.05) is 114 Å². The van der Waals surface area contributed by atoms with E-state index < -0.39 is 24.6 Å². The van der Waals surface area contributed by atoms with Crippen molar-refractivity contribution >= 4 is 0 Å². The Kier molecular flexibility index (Phi) is 18.0. The number of aryl methyl sites for hydroxylation is 2. The third-order valence-corrected chi connectivity index (χ3v) is 7.16. The lowest BCUT2D eigenvalue weighted by atomic mass is 10.0. The molecule has 0 aliphatic carbocycles. The van der Waals surface area contributed by atoms with Crippen molar-refractivity contribution in [3.05, 3.63) is 35.4 Å². The lowest BCUT2D eigenvalue weighted by Gasteiger charge is -2.13. The lowest BCUT2D eigenvalue weighted by molar-refractivity contribution is -0.206. The van der Waals surface area contributed by atoms with Crippen molar-refractivity contribution in [2.75, 3.05) is 0 Å². The monoisotopic (exact) mass is 554 g/mol. The van der Waals surface area contributed by atoms with E-state index in [4.69, 9.17) is 10.2 Å². The lowest BCUT2D eigenvalue weighted by Crippen LogP contribution is -2.28. The Balaban J connectivity index is 1.93. The molecule has 2 atom stereocenters. The zero-order chi connectivity index (χ0) is 28.3. The second-order valence-corrected chi connectivity index (χ2v) is 10.7. The van der Waals surface area contributed by atoms with Gasteiger partial charge in [-0.2, -0.15) is 26.3 Å². The van der Waals surface area contributed by atoms with Crippen LogP contribution in [0.3, 0.4) is 0 Å². The first-order chi connectivity index (χ1) is 18.0. The van der Waals surface area contributed by atoms with Crippen molar-refractivity contribution in [1.29, 1.82) is 0 Å². The number of alkyl halides is 6. The predicted molar refractivity (Wildman–Crippen MR) is 141 cm³/mol. The normalized spacial score (nSPS) is 14.1. The Bertz CT molecular complexity index is 628. The maximum atomic E-state index is 12.2. The van der Waals surface area contributed by atoms with Gasteiger partial charge >= 0.3 is 12.4 Å². The van der Waals surface area contributed by atoms with Crippen LogP contribution in [0.4, 0.5) is 26.3 Å². The molecule has 0 aliphatic heterocycles. The molecular weight excluding hydrogens is 506 g/mol. The average molecular weight is 555 g/mol. The molecule has 1 aromatic carbocycles. The molecule has 0 fully saturated rings. The molecule has 0 spiro atoms. The van der Waals surface area contributed by atoms with E-state index in [0.717, 1.165) is 103 Å². The molecule has 0 radical (unpaired) electrons. The number of rotatable bonds is 22. The van der Waals surface area contributed by atoms with Crippen LogP contribution in [-0.2, 0) is 12.8 Å². The fraction of sp³-hybridized carbons (Fsp3) is 0.800. The third kappa shape index (κ3) is 18.1. The molecule has 1 aromatic rings. The minimum absolute atomic E-state index is 0.197. The predicted octanol–water partition coefficient (Wildman–Crippen LogP) is 9.64. The van der Waals surface area contributed by atoms with Crippen LogP contribution in [0.5, 0.6) is 0 Å². The molecule has 0 aliphatic rings. The summed E-state index contributed by atoms with van der Waals surface area (Å²) in [7, 11) is 0. The Morgan fingerprint density at radius 1 is 0.421 bits per heavy atom. The highest BCUT2D eigenvalue weighted by molar-refractivity contribution is 5.22. The van der Waals surface area contributed by atoms with Gasteiger partial charge in [0, 0.05) is 0 Å². The van der Waals surface area contributed by atoms with Crippen LogP contribution in [0.15, 0.2) is 24.3 Å². The molecule has 0 unspecified atom stereocenters. The molecule has 1 rings (SSSR count). The smallest absolute Gasteiger partial charge is 0.384 e. The standard InChI is InChI=1S/C30H48F6O2/c31-29(32,33)27(37)19-15-11-7-3-1-5-9-13-17-25-21-23-26(24-22-25)18-14-10-6-2-4-8-12-16-20-28(38)30(34,35)36/h21-24,27-28,37-38H,1-20H2/t27-,28-/m0/s1. The average Bonchev–Trinajstić information content (AvgIpc) is 2.85. The van der Waals surface area contributed by atoms with Crippen molar-refractivity contribution < 1.29 is 36.6 Å². The molecule has 2 nitrogen and oxygen atoms in total. The summed E-state index contributed by atoms with van der Waals surface area (Å²) in [5.41, 5.74) is 2.69. The molecule has 0 aromatic heterocycles. The summed E-state index contributed by atoms with van der Waals surface area (Å²) in [6, 6.07) is 8.84. The van der Waals surface area contributed by atoms with Gasteiger partial charge in [-0.05, 0) is 49.7 Å². The fourth-order valence-electron chi connectivity index (χ4n) is 4.65. The minimum Gasteiger partial charge on any atom is -0.384 e. The van der Waals surface area contributed by atoms with Gasteiger partial charge in [0.25, 0.3) is 0 Å². The van der Waals surface area contributed by atoms with E-state index in [9.17, 15) is 26.3 Å². The van der Waals surface area contributed by atoms with E-state index in [0.29, 0.717) is 12.8 Å². The first-order valence-corrected chi connectivity index (χ1v) is 14.6. The van der Waals surface area contributed by atoms with Gasteiger partial charge in [-0.25, -0.2) is 0 Å². The van der Waals surface area contributed by atoms with E-state index in [2.05, 4.69) is 24.3 Å². The summed E-state index contributed by atoms with van der Waals surface area (Å²) >= 11 is 0. The highest BCUT2D eigenvalue weighted by Crippen LogP contribution is 2.25. The highest BCUT2D eigenvalue weighted by atomic mass is 19.4. The van der Waals surface area contributed by atoms with Gasteiger partial charge < -0.3 is 10.2 Å². The summed E-state index contributed by atoms with van der Waals surface area (Å²) in [5, 5.41) is 17.9. The molecule has 0 bridgehead atoms. The van der Waals surface area contributed by atoms with E-state index in [1.807, 2.05) is 0 Å². The van der Waals surface area contributed by atoms with Gasteiger partial charge in [-0.3, -0.25) is 0 Å². The molecule has 2 N–H and O–H groups in total. The second-order valence-electron chi connectivity index (χ2n) is 10.7. The zero-order valence-electron chi connectivity index (χ0n) is 22.8. The zero-order valence-corrected chi connectivity index (χ0v) is 22.8. The number of unbranched alkanes of at least 4 members (excludes halogenated alkanes) is 14. The van der Waals surface area contributed by atoms with Gasteiger partial charge in [-0.15, -0.1) is 0 Å². The number of aliphatic hydroxyl groups is 2. The SMILES string of the molecule is O[C@@H](CCCCCCCCCCc1ccc(CCCCCCCCCC[C@H](O)C(F)(F)F)cc1)C(F)(F)F. The molecule has 222 valence electrons. The third-order valence-electron chi connectivity index (χ3n) is 7.16. The number of halogens is 6. The van der Waals surface area contributed by atoms with Crippen molar-refractivity contribution in [1.82, 2.24) is 0 Å². The number of hydrogen-bond acceptors (Lipinski definition) is 2. The van der Waals surface area contributed by atoms with E-state index >= 15 is 0 Å². The van der Waals surface area contributed by atoms with Crippen molar-refractivity contribution in [3.63, 3.8) is 0 Å². The van der Waals surface area contributed by atoms with Crippen LogP contribution < -0.4 is 0 Å². The molecule has 0 heterocycles. The molecule has 8 heteroatoms. The van der Waals surface area contributed by atoms with Crippen molar-refractivity contribution in [2.45, 2.75) is 153 Å². The van der Waals surface area contributed by atoms with E-state index in [1.54, 1.807) is 0 Å². The van der Waals surface area contributed by atoms with Gasteiger partial charge in [0.15, 0.2) is 0 Å². The van der Waals surface area contributed by atoms with Crippen LogP contribution >= 0.6 is 0 Å². The van der Waals surface area contributed by atoms with Crippen LogP contribution in [-0.4, -0.2) is 34.8 Å². The minimum atomic E-state index is -4.49. The second kappa shape index (κ2) is 19.7. The maximum absolute atomic E-state index is 12.2. The Morgan fingerprint density at radius 3 is 0.921 bits per heavy atom.